The van der Waals surface area contributed by atoms with E-state index < -0.39 is 0 Å². The lowest BCUT2D eigenvalue weighted by Crippen LogP contribution is -2.42. The van der Waals surface area contributed by atoms with E-state index in [1.54, 1.807) is 0 Å². The van der Waals surface area contributed by atoms with Crippen molar-refractivity contribution in [3.63, 3.8) is 0 Å². The van der Waals surface area contributed by atoms with Gasteiger partial charge in [0.05, 0.1) is 6.04 Å². The topological polar surface area (TPSA) is 41.1 Å². The third-order valence-electron chi connectivity index (χ3n) is 3.66. The highest BCUT2D eigenvalue weighted by Gasteiger charge is 2.21. The van der Waals surface area contributed by atoms with E-state index in [0.29, 0.717) is 0 Å². The number of rotatable bonds is 3. The van der Waals surface area contributed by atoms with Crippen LogP contribution < -0.4 is 10.6 Å². The van der Waals surface area contributed by atoms with Crippen molar-refractivity contribution >= 4 is 6.03 Å². The minimum Gasteiger partial charge on any atom is -0.336 e. The lowest BCUT2D eigenvalue weighted by molar-refractivity contribution is 0.232. The molecule has 3 nitrogen and oxygen atoms in total. The van der Waals surface area contributed by atoms with Gasteiger partial charge in [0, 0.05) is 6.04 Å². The van der Waals surface area contributed by atoms with Crippen LogP contribution in [-0.2, 0) is 6.42 Å². The number of urea groups is 1. The zero-order valence-corrected chi connectivity index (χ0v) is 11.2. The van der Waals surface area contributed by atoms with E-state index in [-0.39, 0.29) is 18.1 Å². The van der Waals surface area contributed by atoms with E-state index in [2.05, 4.69) is 35.8 Å². The van der Waals surface area contributed by atoms with E-state index in [1.807, 2.05) is 13.0 Å². The Labute approximate surface area is 109 Å². The number of nitrogens with one attached hydrogen (secondary N) is 2. The molecule has 1 aliphatic rings. The predicted molar refractivity (Wildman–Crippen MR) is 73.5 cm³/mol. The third kappa shape index (κ3) is 3.03. The number of carbonyl (C=O) groups is 1. The van der Waals surface area contributed by atoms with E-state index in [1.165, 1.54) is 11.1 Å². The number of fused-ring (bicyclic) bond motifs is 1. The van der Waals surface area contributed by atoms with Gasteiger partial charge in [-0.1, -0.05) is 31.2 Å². The van der Waals surface area contributed by atoms with Gasteiger partial charge in [0.1, 0.15) is 0 Å². The summed E-state index contributed by atoms with van der Waals surface area (Å²) in [5.41, 5.74) is 2.65. The molecule has 0 heterocycles. The van der Waals surface area contributed by atoms with Crippen LogP contribution in [0.2, 0.25) is 0 Å². The minimum absolute atomic E-state index is 0.0500. The third-order valence-corrected chi connectivity index (χ3v) is 3.66. The molecule has 0 unspecified atom stereocenters. The van der Waals surface area contributed by atoms with Crippen molar-refractivity contribution in [3.8, 4) is 0 Å². The largest absolute Gasteiger partial charge is 0.336 e. The van der Waals surface area contributed by atoms with Crippen molar-refractivity contribution in [2.45, 2.75) is 51.6 Å². The summed E-state index contributed by atoms with van der Waals surface area (Å²) >= 11 is 0. The molecule has 1 aromatic rings. The highest BCUT2D eigenvalue weighted by Crippen LogP contribution is 2.29. The Morgan fingerprint density at radius 3 is 3.00 bits per heavy atom. The van der Waals surface area contributed by atoms with Crippen LogP contribution >= 0.6 is 0 Å². The van der Waals surface area contributed by atoms with Crippen molar-refractivity contribution < 1.29 is 4.79 Å². The zero-order valence-electron chi connectivity index (χ0n) is 11.2. The van der Waals surface area contributed by atoms with E-state index >= 15 is 0 Å². The van der Waals surface area contributed by atoms with Crippen LogP contribution in [0.5, 0.6) is 0 Å². The molecule has 1 aromatic carbocycles. The second-order valence-electron chi connectivity index (χ2n) is 5.07. The molecule has 2 atom stereocenters. The molecule has 3 heteroatoms. The molecule has 0 radical (unpaired) electrons. The summed E-state index contributed by atoms with van der Waals surface area (Å²) < 4.78 is 0. The summed E-state index contributed by atoms with van der Waals surface area (Å²) in [5.74, 6) is 0. The quantitative estimate of drug-likeness (QED) is 0.845. The number of hydrogen-bond acceptors (Lipinski definition) is 1. The average molecular weight is 246 g/mol. The highest BCUT2D eigenvalue weighted by atomic mass is 16.2. The van der Waals surface area contributed by atoms with Crippen LogP contribution in [0.4, 0.5) is 4.79 Å². The number of hydrogen-bond donors (Lipinski definition) is 2. The molecule has 0 saturated heterocycles. The Kier molecular flexibility index (Phi) is 4.24. The van der Waals surface area contributed by atoms with E-state index in [4.69, 9.17) is 0 Å². The number of aryl methyl sites for hydroxylation is 1. The summed E-state index contributed by atoms with van der Waals surface area (Å²) in [7, 11) is 0. The maximum absolute atomic E-state index is 11.9. The molecular formula is C15H22N2O. The van der Waals surface area contributed by atoms with Gasteiger partial charge in [-0.3, -0.25) is 0 Å². The fourth-order valence-corrected chi connectivity index (χ4v) is 2.43. The summed E-state index contributed by atoms with van der Waals surface area (Å²) in [4.78, 5) is 11.9. The zero-order chi connectivity index (χ0) is 13.0. The van der Waals surface area contributed by atoms with Crippen LogP contribution in [0.15, 0.2) is 24.3 Å². The molecule has 0 fully saturated rings. The Bertz CT molecular complexity index is 417. The molecule has 0 bridgehead atoms. The van der Waals surface area contributed by atoms with Gasteiger partial charge >= 0.3 is 6.03 Å². The Hall–Kier alpha value is -1.51. The first-order valence-electron chi connectivity index (χ1n) is 6.85. The molecule has 0 aromatic heterocycles. The number of carbonyl (C=O) groups excluding carboxylic acids is 1. The average Bonchev–Trinajstić information content (AvgIpc) is 2.39. The SMILES string of the molecule is CC[C@H](C)NC(=O)N[C@@H]1CCCc2ccccc21. The second kappa shape index (κ2) is 5.89. The van der Waals surface area contributed by atoms with Gasteiger partial charge in [-0.05, 0) is 43.7 Å². The molecule has 18 heavy (non-hydrogen) atoms. The molecule has 0 aliphatic heterocycles. The molecule has 98 valence electrons. The minimum atomic E-state index is -0.0500. The Balaban J connectivity index is 2.01. The van der Waals surface area contributed by atoms with Gasteiger partial charge in [0.15, 0.2) is 0 Å². The van der Waals surface area contributed by atoms with Crippen molar-refractivity contribution in [1.82, 2.24) is 10.6 Å². The molecule has 2 amide bonds. The van der Waals surface area contributed by atoms with Crippen molar-refractivity contribution in [3.05, 3.63) is 35.4 Å². The molecule has 1 aliphatic carbocycles. The van der Waals surface area contributed by atoms with Crippen LogP contribution in [0.25, 0.3) is 0 Å². The van der Waals surface area contributed by atoms with Gasteiger partial charge in [0.2, 0.25) is 0 Å². The first-order valence-corrected chi connectivity index (χ1v) is 6.85. The number of benzene rings is 1. The van der Waals surface area contributed by atoms with Crippen molar-refractivity contribution in [1.29, 1.82) is 0 Å². The molecule has 0 saturated carbocycles. The van der Waals surface area contributed by atoms with Crippen molar-refractivity contribution in [2.75, 3.05) is 0 Å². The normalized spacial score (nSPS) is 19.8. The monoisotopic (exact) mass is 246 g/mol. The molecule has 2 rings (SSSR count). The van der Waals surface area contributed by atoms with Crippen LogP contribution in [0.1, 0.15) is 50.3 Å². The first-order chi connectivity index (χ1) is 8.70. The summed E-state index contributed by atoms with van der Waals surface area (Å²) in [6.45, 7) is 4.09. The number of amides is 2. The Morgan fingerprint density at radius 1 is 1.44 bits per heavy atom. The molecular weight excluding hydrogens is 224 g/mol. The standard InChI is InChI=1S/C15H22N2O/c1-3-11(2)16-15(18)17-14-10-6-8-12-7-4-5-9-13(12)14/h4-5,7,9,11,14H,3,6,8,10H2,1-2H3,(H2,16,17,18)/t11-,14+/m0/s1. The lowest BCUT2D eigenvalue weighted by atomic mass is 9.88. The van der Waals surface area contributed by atoms with Gasteiger partial charge < -0.3 is 10.6 Å². The first kappa shape index (κ1) is 12.9. The van der Waals surface area contributed by atoms with E-state index in [9.17, 15) is 4.79 Å². The van der Waals surface area contributed by atoms with Crippen molar-refractivity contribution in [2.24, 2.45) is 0 Å². The van der Waals surface area contributed by atoms with Crippen LogP contribution in [0, 0.1) is 0 Å². The Morgan fingerprint density at radius 2 is 2.22 bits per heavy atom. The maximum Gasteiger partial charge on any atom is 0.315 e. The fraction of sp³-hybridized carbons (Fsp3) is 0.533. The highest BCUT2D eigenvalue weighted by molar-refractivity contribution is 5.74. The van der Waals surface area contributed by atoms with Gasteiger partial charge in [-0.25, -0.2) is 4.79 Å². The molecule has 2 N–H and O–H groups in total. The maximum atomic E-state index is 11.9. The second-order valence-corrected chi connectivity index (χ2v) is 5.07. The molecule has 0 spiro atoms. The smallest absolute Gasteiger partial charge is 0.315 e. The lowest BCUT2D eigenvalue weighted by Gasteiger charge is -2.27. The fourth-order valence-electron chi connectivity index (χ4n) is 2.43. The van der Waals surface area contributed by atoms with Gasteiger partial charge in [0.25, 0.3) is 0 Å². The summed E-state index contributed by atoms with van der Waals surface area (Å²) in [6.07, 6.45) is 4.26. The van der Waals surface area contributed by atoms with Gasteiger partial charge in [-0.15, -0.1) is 0 Å². The summed E-state index contributed by atoms with van der Waals surface area (Å²) in [5, 5.41) is 6.05. The predicted octanol–water partition coefficient (Wildman–Crippen LogP) is 3.16. The van der Waals surface area contributed by atoms with Gasteiger partial charge in [-0.2, -0.15) is 0 Å². The van der Waals surface area contributed by atoms with Crippen LogP contribution in [-0.4, -0.2) is 12.1 Å². The van der Waals surface area contributed by atoms with Crippen LogP contribution in [0.3, 0.4) is 0 Å². The van der Waals surface area contributed by atoms with E-state index in [0.717, 1.165) is 25.7 Å². The summed E-state index contributed by atoms with van der Waals surface area (Å²) in [6, 6.07) is 8.75.